The van der Waals surface area contributed by atoms with E-state index in [-0.39, 0.29) is 28.3 Å². The molecule has 0 saturated heterocycles. The van der Waals surface area contributed by atoms with Crippen molar-refractivity contribution in [1.29, 1.82) is 0 Å². The highest BCUT2D eigenvalue weighted by atomic mass is 35.5. The van der Waals surface area contributed by atoms with Gasteiger partial charge in [-0.25, -0.2) is 8.70 Å². The summed E-state index contributed by atoms with van der Waals surface area (Å²) in [6.07, 6.45) is 0.672. The number of amides is 2. The molecule has 0 spiro atoms. The fourth-order valence-corrected chi connectivity index (χ4v) is 4.84. The zero-order chi connectivity index (χ0) is 27.2. The Bertz CT molecular complexity index is 1180. The highest BCUT2D eigenvalue weighted by molar-refractivity contribution is 7.90. The van der Waals surface area contributed by atoms with Crippen LogP contribution in [-0.2, 0) is 26.3 Å². The Labute approximate surface area is 222 Å². The fraction of sp³-hybridized carbons (Fsp3) is 0.417. The minimum atomic E-state index is -4.27. The minimum Gasteiger partial charge on any atom is -0.352 e. The standard InChI is InChI=1S/C24H31Cl2FN4O4S/c1-6-16(2)28-24(33)17(3)30(14-18-19(25)10-9-11-20(18)26)23(32)15-31(36(34,35)29(4)5)22-13-8-7-12-21(22)27/h7-13,16-17H,6,14-15H2,1-5H3,(H,28,33). The second kappa shape index (κ2) is 12.7. The van der Waals surface area contributed by atoms with Crippen molar-refractivity contribution in [2.45, 2.75) is 45.8 Å². The minimum absolute atomic E-state index is 0.148. The number of anilines is 1. The lowest BCUT2D eigenvalue weighted by Gasteiger charge is -2.33. The molecule has 2 atom stereocenters. The first-order valence-electron chi connectivity index (χ1n) is 11.3. The van der Waals surface area contributed by atoms with E-state index in [4.69, 9.17) is 23.2 Å². The summed E-state index contributed by atoms with van der Waals surface area (Å²) in [5.41, 5.74) is 0.0947. The SMILES string of the molecule is CCC(C)NC(=O)C(C)N(Cc1c(Cl)cccc1Cl)C(=O)CN(c1ccccc1F)S(=O)(=O)N(C)C. The van der Waals surface area contributed by atoms with Gasteiger partial charge in [-0.1, -0.05) is 48.3 Å². The predicted octanol–water partition coefficient (Wildman–Crippen LogP) is 4.08. The maximum atomic E-state index is 14.7. The summed E-state index contributed by atoms with van der Waals surface area (Å²) in [6, 6.07) is 8.91. The first-order chi connectivity index (χ1) is 16.8. The molecule has 8 nitrogen and oxygen atoms in total. The molecule has 0 aliphatic heterocycles. The largest absolute Gasteiger partial charge is 0.352 e. The Morgan fingerprint density at radius 1 is 1.03 bits per heavy atom. The second-order valence-electron chi connectivity index (χ2n) is 8.46. The molecule has 12 heteroatoms. The van der Waals surface area contributed by atoms with Crippen LogP contribution in [0.5, 0.6) is 0 Å². The highest BCUT2D eigenvalue weighted by Crippen LogP contribution is 2.28. The van der Waals surface area contributed by atoms with E-state index in [1.165, 1.54) is 44.1 Å². The average molecular weight is 562 g/mol. The van der Waals surface area contributed by atoms with Crippen LogP contribution in [0.25, 0.3) is 0 Å². The molecule has 0 bridgehead atoms. The summed E-state index contributed by atoms with van der Waals surface area (Å²) < 4.78 is 42.4. The van der Waals surface area contributed by atoms with Crippen LogP contribution in [0.2, 0.25) is 10.0 Å². The molecule has 2 amide bonds. The lowest BCUT2D eigenvalue weighted by molar-refractivity contribution is -0.139. The van der Waals surface area contributed by atoms with Crippen molar-refractivity contribution in [3.63, 3.8) is 0 Å². The van der Waals surface area contributed by atoms with Crippen molar-refractivity contribution in [3.8, 4) is 0 Å². The van der Waals surface area contributed by atoms with Gasteiger partial charge in [0, 0.05) is 42.3 Å². The second-order valence-corrected chi connectivity index (χ2v) is 11.3. The van der Waals surface area contributed by atoms with Gasteiger partial charge < -0.3 is 10.2 Å². The number of halogens is 3. The molecule has 0 heterocycles. The molecule has 2 aromatic rings. The molecule has 2 rings (SSSR count). The molecule has 0 aromatic heterocycles. The number of benzene rings is 2. The van der Waals surface area contributed by atoms with Gasteiger partial charge in [0.15, 0.2) is 0 Å². The fourth-order valence-electron chi connectivity index (χ4n) is 3.26. The Morgan fingerprint density at radius 2 is 1.61 bits per heavy atom. The number of nitrogens with zero attached hydrogens (tertiary/aromatic N) is 3. The van der Waals surface area contributed by atoms with Crippen molar-refractivity contribution in [2.75, 3.05) is 24.9 Å². The maximum Gasteiger partial charge on any atom is 0.304 e. The molecule has 0 aliphatic carbocycles. The van der Waals surface area contributed by atoms with Crippen molar-refractivity contribution in [2.24, 2.45) is 0 Å². The molecule has 2 unspecified atom stereocenters. The number of nitrogens with one attached hydrogen (secondary N) is 1. The summed E-state index contributed by atoms with van der Waals surface area (Å²) in [5.74, 6) is -2.00. The van der Waals surface area contributed by atoms with Crippen LogP contribution in [-0.4, -0.2) is 62.2 Å². The maximum absolute atomic E-state index is 14.7. The van der Waals surface area contributed by atoms with Gasteiger partial charge in [0.25, 0.3) is 0 Å². The van der Waals surface area contributed by atoms with Gasteiger partial charge in [-0.3, -0.25) is 9.59 Å². The smallest absolute Gasteiger partial charge is 0.304 e. The molecule has 0 fully saturated rings. The zero-order valence-corrected chi connectivity index (χ0v) is 23.2. The predicted molar refractivity (Wildman–Crippen MR) is 141 cm³/mol. The quantitative estimate of drug-likeness (QED) is 0.448. The third-order valence-electron chi connectivity index (χ3n) is 5.70. The van der Waals surface area contributed by atoms with Gasteiger partial charge in [0.1, 0.15) is 18.4 Å². The Morgan fingerprint density at radius 3 is 2.14 bits per heavy atom. The van der Waals surface area contributed by atoms with Gasteiger partial charge in [-0.2, -0.15) is 12.7 Å². The normalized spacial score (nSPS) is 13.2. The van der Waals surface area contributed by atoms with Crippen molar-refractivity contribution >= 4 is 50.9 Å². The van der Waals surface area contributed by atoms with Crippen molar-refractivity contribution < 1.29 is 22.4 Å². The van der Waals surface area contributed by atoms with Crippen LogP contribution in [0.3, 0.4) is 0 Å². The van der Waals surface area contributed by atoms with E-state index in [2.05, 4.69) is 5.32 Å². The molecule has 198 valence electrons. The van der Waals surface area contributed by atoms with E-state index in [0.29, 0.717) is 16.3 Å². The van der Waals surface area contributed by atoms with Crippen LogP contribution in [0.4, 0.5) is 10.1 Å². The Hall–Kier alpha value is -2.40. The molecular weight excluding hydrogens is 530 g/mol. The molecule has 0 saturated carbocycles. The number of carbonyl (C=O) groups is 2. The van der Waals surface area contributed by atoms with Crippen molar-refractivity contribution in [1.82, 2.24) is 14.5 Å². The number of hydrogen-bond donors (Lipinski definition) is 1. The Balaban J connectivity index is 2.53. The van der Waals surface area contributed by atoms with Gasteiger partial charge in [0.2, 0.25) is 11.8 Å². The summed E-state index contributed by atoms with van der Waals surface area (Å²) in [6.45, 7) is 4.32. The lowest BCUT2D eigenvalue weighted by Crippen LogP contribution is -2.53. The third kappa shape index (κ3) is 7.09. The molecule has 2 aromatic carbocycles. The topological polar surface area (TPSA) is 90.0 Å². The van der Waals surface area contributed by atoms with Crippen LogP contribution in [0.1, 0.15) is 32.8 Å². The number of carbonyl (C=O) groups excluding carboxylic acids is 2. The molecular formula is C24H31Cl2FN4O4S. The summed E-state index contributed by atoms with van der Waals surface area (Å²) in [4.78, 5) is 27.8. The third-order valence-corrected chi connectivity index (χ3v) is 8.21. The molecule has 36 heavy (non-hydrogen) atoms. The summed E-state index contributed by atoms with van der Waals surface area (Å²) in [7, 11) is -1.72. The van der Waals surface area contributed by atoms with Crippen molar-refractivity contribution in [3.05, 3.63) is 63.9 Å². The van der Waals surface area contributed by atoms with Gasteiger partial charge in [-0.15, -0.1) is 0 Å². The van der Waals surface area contributed by atoms with Crippen LogP contribution in [0.15, 0.2) is 42.5 Å². The summed E-state index contributed by atoms with van der Waals surface area (Å²) >= 11 is 12.6. The molecule has 1 N–H and O–H groups in total. The van der Waals surface area contributed by atoms with Crippen LogP contribution in [0, 0.1) is 5.82 Å². The van der Waals surface area contributed by atoms with Gasteiger partial charge in [0.05, 0.1) is 5.69 Å². The van der Waals surface area contributed by atoms with E-state index in [9.17, 15) is 22.4 Å². The Kier molecular flexibility index (Phi) is 10.5. The van der Waals surface area contributed by atoms with Crippen LogP contribution < -0.4 is 9.62 Å². The monoisotopic (exact) mass is 560 g/mol. The molecule has 0 radical (unpaired) electrons. The first kappa shape index (κ1) is 29.8. The van der Waals surface area contributed by atoms with E-state index in [1.54, 1.807) is 18.2 Å². The van der Waals surface area contributed by atoms with E-state index >= 15 is 0 Å². The number of para-hydroxylation sites is 1. The number of rotatable bonds is 11. The average Bonchev–Trinajstić information content (AvgIpc) is 2.82. The highest BCUT2D eigenvalue weighted by Gasteiger charge is 2.34. The van der Waals surface area contributed by atoms with E-state index < -0.39 is 40.4 Å². The van der Waals surface area contributed by atoms with Gasteiger partial charge in [-0.05, 0) is 44.5 Å². The lowest BCUT2D eigenvalue weighted by atomic mass is 10.1. The first-order valence-corrected chi connectivity index (χ1v) is 13.4. The van der Waals surface area contributed by atoms with E-state index in [1.807, 2.05) is 13.8 Å². The zero-order valence-electron chi connectivity index (χ0n) is 20.8. The molecule has 0 aliphatic rings. The number of hydrogen-bond acceptors (Lipinski definition) is 4. The van der Waals surface area contributed by atoms with Crippen LogP contribution >= 0.6 is 23.2 Å². The van der Waals surface area contributed by atoms with Gasteiger partial charge >= 0.3 is 10.2 Å². The van der Waals surface area contributed by atoms with E-state index in [0.717, 1.165) is 10.4 Å². The summed E-state index contributed by atoms with van der Waals surface area (Å²) in [5, 5.41) is 3.38.